The molecule has 2 aliphatic rings. The molecule has 1 fully saturated rings. The van der Waals surface area contributed by atoms with Gasteiger partial charge in [-0.15, -0.1) is 0 Å². The molecular weight excluding hydrogens is 148 g/mol. The molecule has 1 aliphatic carbocycles. The summed E-state index contributed by atoms with van der Waals surface area (Å²) in [5.41, 5.74) is 2.99. The minimum Gasteiger partial charge on any atom is -0.365 e. The van der Waals surface area contributed by atoms with Gasteiger partial charge in [-0.1, -0.05) is 0 Å². The SMILES string of the molecule is c1cc2c([nH]1)CCN(C1CC1)C2. The summed E-state index contributed by atoms with van der Waals surface area (Å²) >= 11 is 0. The lowest BCUT2D eigenvalue weighted by Gasteiger charge is -2.26. The second kappa shape index (κ2) is 2.36. The van der Waals surface area contributed by atoms with Crippen LogP contribution in [0.1, 0.15) is 24.1 Å². The van der Waals surface area contributed by atoms with Crippen molar-refractivity contribution >= 4 is 0 Å². The van der Waals surface area contributed by atoms with Crippen LogP contribution in [0.3, 0.4) is 0 Å². The van der Waals surface area contributed by atoms with Crippen LogP contribution in [0.25, 0.3) is 0 Å². The number of nitrogens with one attached hydrogen (secondary N) is 1. The van der Waals surface area contributed by atoms with Gasteiger partial charge >= 0.3 is 0 Å². The second-order valence-corrected chi connectivity index (χ2v) is 3.93. The van der Waals surface area contributed by atoms with Crippen molar-refractivity contribution in [1.29, 1.82) is 0 Å². The van der Waals surface area contributed by atoms with E-state index in [2.05, 4.69) is 22.1 Å². The molecule has 1 aromatic heterocycles. The predicted molar refractivity (Wildman–Crippen MR) is 47.9 cm³/mol. The van der Waals surface area contributed by atoms with Gasteiger partial charge in [-0.25, -0.2) is 0 Å². The number of hydrogen-bond donors (Lipinski definition) is 1. The summed E-state index contributed by atoms with van der Waals surface area (Å²) in [6.07, 6.45) is 6.15. The van der Waals surface area contributed by atoms with Crippen LogP contribution in [0.2, 0.25) is 0 Å². The second-order valence-electron chi connectivity index (χ2n) is 3.93. The van der Waals surface area contributed by atoms with Gasteiger partial charge in [0.05, 0.1) is 0 Å². The molecule has 2 heterocycles. The van der Waals surface area contributed by atoms with Gasteiger partial charge in [0.25, 0.3) is 0 Å². The lowest BCUT2D eigenvalue weighted by molar-refractivity contribution is 0.243. The van der Waals surface area contributed by atoms with Gasteiger partial charge in [0.2, 0.25) is 0 Å². The zero-order valence-electron chi connectivity index (χ0n) is 7.21. The molecule has 1 aliphatic heterocycles. The maximum absolute atomic E-state index is 3.31. The largest absolute Gasteiger partial charge is 0.365 e. The van der Waals surface area contributed by atoms with Crippen molar-refractivity contribution in [3.05, 3.63) is 23.5 Å². The number of fused-ring (bicyclic) bond motifs is 1. The highest BCUT2D eigenvalue weighted by atomic mass is 15.2. The molecule has 0 unspecified atom stereocenters. The van der Waals surface area contributed by atoms with Gasteiger partial charge in [0.1, 0.15) is 0 Å². The third-order valence-corrected chi connectivity index (χ3v) is 3.02. The van der Waals surface area contributed by atoms with Crippen LogP contribution < -0.4 is 0 Å². The Hall–Kier alpha value is -0.760. The molecule has 0 aromatic carbocycles. The van der Waals surface area contributed by atoms with Crippen LogP contribution in [0, 0.1) is 0 Å². The first-order chi connectivity index (χ1) is 5.93. The van der Waals surface area contributed by atoms with Crippen LogP contribution in [-0.4, -0.2) is 22.5 Å². The highest BCUT2D eigenvalue weighted by molar-refractivity contribution is 5.23. The van der Waals surface area contributed by atoms with Gasteiger partial charge in [-0.05, 0) is 24.5 Å². The smallest absolute Gasteiger partial charge is 0.0254 e. The van der Waals surface area contributed by atoms with E-state index in [0.717, 1.165) is 6.04 Å². The molecule has 12 heavy (non-hydrogen) atoms. The number of nitrogens with zero attached hydrogens (tertiary/aromatic N) is 1. The average molecular weight is 162 g/mol. The van der Waals surface area contributed by atoms with E-state index in [1.807, 2.05) is 0 Å². The first-order valence-corrected chi connectivity index (χ1v) is 4.82. The Balaban J connectivity index is 1.83. The quantitative estimate of drug-likeness (QED) is 0.663. The number of H-pyrrole nitrogens is 1. The summed E-state index contributed by atoms with van der Waals surface area (Å²) in [6, 6.07) is 3.15. The Bertz CT molecular complexity index is 286. The third-order valence-electron chi connectivity index (χ3n) is 3.02. The Labute approximate surface area is 72.6 Å². The molecule has 0 atom stereocenters. The zero-order chi connectivity index (χ0) is 7.97. The Morgan fingerprint density at radius 3 is 3.17 bits per heavy atom. The molecule has 0 saturated heterocycles. The van der Waals surface area contributed by atoms with Crippen LogP contribution >= 0.6 is 0 Å². The van der Waals surface area contributed by atoms with Crippen molar-refractivity contribution in [1.82, 2.24) is 9.88 Å². The topological polar surface area (TPSA) is 19.0 Å². The highest BCUT2D eigenvalue weighted by Crippen LogP contribution is 2.30. The fraction of sp³-hybridized carbons (Fsp3) is 0.600. The molecule has 64 valence electrons. The van der Waals surface area contributed by atoms with Crippen molar-refractivity contribution in [3.8, 4) is 0 Å². The summed E-state index contributed by atoms with van der Waals surface area (Å²) in [7, 11) is 0. The van der Waals surface area contributed by atoms with Crippen molar-refractivity contribution in [2.24, 2.45) is 0 Å². The molecule has 2 nitrogen and oxygen atoms in total. The van der Waals surface area contributed by atoms with Crippen LogP contribution in [-0.2, 0) is 13.0 Å². The van der Waals surface area contributed by atoms with Gasteiger partial charge in [0.15, 0.2) is 0 Å². The van der Waals surface area contributed by atoms with E-state index in [9.17, 15) is 0 Å². The standard InChI is InChI=1S/C10H14N2/c1-2-9(1)12-6-4-10-8(7-12)3-5-11-10/h3,5,9,11H,1-2,4,6-7H2. The monoisotopic (exact) mass is 162 g/mol. The van der Waals surface area contributed by atoms with Gasteiger partial charge in [-0.2, -0.15) is 0 Å². The van der Waals surface area contributed by atoms with E-state index >= 15 is 0 Å². The molecule has 0 bridgehead atoms. The summed E-state index contributed by atoms with van der Waals surface area (Å²) in [6.45, 7) is 2.45. The van der Waals surface area contributed by atoms with E-state index in [4.69, 9.17) is 0 Å². The number of rotatable bonds is 1. The predicted octanol–water partition coefficient (Wildman–Crippen LogP) is 1.54. The maximum Gasteiger partial charge on any atom is 0.0254 e. The van der Waals surface area contributed by atoms with E-state index in [1.54, 1.807) is 0 Å². The summed E-state index contributed by atoms with van der Waals surface area (Å²) in [5.74, 6) is 0. The molecule has 0 spiro atoms. The average Bonchev–Trinajstić information content (AvgIpc) is 2.84. The van der Waals surface area contributed by atoms with E-state index < -0.39 is 0 Å². The zero-order valence-corrected chi connectivity index (χ0v) is 7.21. The number of aromatic nitrogens is 1. The van der Waals surface area contributed by atoms with Crippen LogP contribution in [0.4, 0.5) is 0 Å². The van der Waals surface area contributed by atoms with Gasteiger partial charge in [0, 0.05) is 37.4 Å². The molecule has 1 aromatic rings. The minimum atomic E-state index is 0.924. The molecule has 1 N–H and O–H groups in total. The third kappa shape index (κ3) is 0.985. The van der Waals surface area contributed by atoms with E-state index in [0.29, 0.717) is 0 Å². The van der Waals surface area contributed by atoms with Crippen molar-refractivity contribution in [2.45, 2.75) is 31.8 Å². The summed E-state index contributed by atoms with van der Waals surface area (Å²) in [5, 5.41) is 0. The van der Waals surface area contributed by atoms with Crippen molar-refractivity contribution < 1.29 is 0 Å². The normalized spacial score (nSPS) is 24.0. The molecular formula is C10H14N2. The van der Waals surface area contributed by atoms with Crippen LogP contribution in [0.5, 0.6) is 0 Å². The van der Waals surface area contributed by atoms with Crippen LogP contribution in [0.15, 0.2) is 12.3 Å². The lowest BCUT2D eigenvalue weighted by Crippen LogP contribution is -2.31. The Morgan fingerprint density at radius 2 is 2.33 bits per heavy atom. The molecule has 0 amide bonds. The Kier molecular flexibility index (Phi) is 1.32. The molecule has 0 radical (unpaired) electrons. The summed E-state index contributed by atoms with van der Waals surface area (Å²) < 4.78 is 0. The molecule has 1 saturated carbocycles. The van der Waals surface area contributed by atoms with Gasteiger partial charge in [-0.3, -0.25) is 4.90 Å². The van der Waals surface area contributed by atoms with Gasteiger partial charge < -0.3 is 4.98 Å². The van der Waals surface area contributed by atoms with E-state index in [-0.39, 0.29) is 0 Å². The molecule has 3 rings (SSSR count). The fourth-order valence-electron chi connectivity index (χ4n) is 2.12. The number of aromatic amines is 1. The first-order valence-electron chi connectivity index (χ1n) is 4.82. The first kappa shape index (κ1) is 6.72. The number of hydrogen-bond acceptors (Lipinski definition) is 1. The highest BCUT2D eigenvalue weighted by Gasteiger charge is 2.31. The molecule has 2 heteroatoms. The van der Waals surface area contributed by atoms with Crippen molar-refractivity contribution in [2.75, 3.05) is 6.54 Å². The fourth-order valence-corrected chi connectivity index (χ4v) is 2.12. The minimum absolute atomic E-state index is 0.924. The van der Waals surface area contributed by atoms with Crippen molar-refractivity contribution in [3.63, 3.8) is 0 Å². The Morgan fingerprint density at radius 1 is 1.42 bits per heavy atom. The lowest BCUT2D eigenvalue weighted by atomic mass is 10.1. The maximum atomic E-state index is 3.31. The summed E-state index contributed by atoms with van der Waals surface area (Å²) in [4.78, 5) is 5.93. The van der Waals surface area contributed by atoms with E-state index in [1.165, 1.54) is 43.6 Å².